The van der Waals surface area contributed by atoms with Gasteiger partial charge in [-0.15, -0.1) is 0 Å². The number of nitrogens with zero attached hydrogens (tertiary/aromatic N) is 2. The molecule has 0 fully saturated rings. The second kappa shape index (κ2) is 5.05. The van der Waals surface area contributed by atoms with Gasteiger partial charge in [-0.25, -0.2) is 9.97 Å². The number of hydrogen-bond acceptors (Lipinski definition) is 3. The number of rotatable bonds is 1. The second-order valence-electron chi connectivity index (χ2n) is 5.67. The third kappa shape index (κ3) is 1.99. The summed E-state index contributed by atoms with van der Waals surface area (Å²) >= 11 is 6.11. The molecule has 0 spiro atoms. The van der Waals surface area contributed by atoms with Gasteiger partial charge in [-0.3, -0.25) is 0 Å². The molecular formula is C20H11ClN2O. The van der Waals surface area contributed by atoms with Crippen molar-refractivity contribution in [3.63, 3.8) is 0 Å². The fourth-order valence-corrected chi connectivity index (χ4v) is 3.32. The summed E-state index contributed by atoms with van der Waals surface area (Å²) < 4.78 is 5.98. The Morgan fingerprint density at radius 2 is 1.46 bits per heavy atom. The molecule has 0 aliphatic carbocycles. The topological polar surface area (TPSA) is 38.9 Å². The Bertz CT molecular complexity index is 1230. The van der Waals surface area contributed by atoms with Crippen molar-refractivity contribution >= 4 is 44.4 Å². The van der Waals surface area contributed by atoms with Crippen molar-refractivity contribution in [3.05, 3.63) is 72.0 Å². The van der Waals surface area contributed by atoms with Gasteiger partial charge in [0.05, 0.1) is 11.2 Å². The van der Waals surface area contributed by atoms with Crippen LogP contribution in [0.2, 0.25) is 5.28 Å². The van der Waals surface area contributed by atoms with Crippen molar-refractivity contribution in [2.24, 2.45) is 0 Å². The minimum atomic E-state index is 0.244. The van der Waals surface area contributed by atoms with Gasteiger partial charge in [-0.05, 0) is 35.9 Å². The summed E-state index contributed by atoms with van der Waals surface area (Å²) in [6, 6.07) is 22.0. The normalized spacial score (nSPS) is 11.5. The predicted molar refractivity (Wildman–Crippen MR) is 97.3 cm³/mol. The van der Waals surface area contributed by atoms with Crippen LogP contribution in [0.25, 0.3) is 44.1 Å². The van der Waals surface area contributed by atoms with E-state index < -0.39 is 0 Å². The molecule has 2 aromatic heterocycles. The quantitative estimate of drug-likeness (QED) is 0.362. The highest BCUT2D eigenvalue weighted by molar-refractivity contribution is 6.28. The van der Waals surface area contributed by atoms with E-state index in [0.29, 0.717) is 0 Å². The van der Waals surface area contributed by atoms with Crippen LogP contribution in [0.1, 0.15) is 0 Å². The fourth-order valence-electron chi connectivity index (χ4n) is 3.14. The number of para-hydroxylation sites is 2. The van der Waals surface area contributed by atoms with Gasteiger partial charge in [0.15, 0.2) is 0 Å². The summed E-state index contributed by atoms with van der Waals surface area (Å²) in [6.07, 6.45) is 0. The van der Waals surface area contributed by atoms with E-state index in [9.17, 15) is 0 Å². The van der Waals surface area contributed by atoms with Crippen molar-refractivity contribution in [2.45, 2.75) is 0 Å². The van der Waals surface area contributed by atoms with E-state index in [1.165, 1.54) is 0 Å². The van der Waals surface area contributed by atoms with Crippen LogP contribution in [0, 0.1) is 0 Å². The first-order valence-electron chi connectivity index (χ1n) is 7.63. The molecule has 0 unspecified atom stereocenters. The third-order valence-electron chi connectivity index (χ3n) is 4.23. The molecule has 0 aliphatic rings. The molecule has 0 atom stereocenters. The van der Waals surface area contributed by atoms with E-state index in [1.807, 2.05) is 48.5 Å². The number of fused-ring (bicyclic) bond motifs is 4. The largest absolute Gasteiger partial charge is 0.456 e. The Labute approximate surface area is 142 Å². The molecule has 3 nitrogen and oxygen atoms in total. The first-order chi connectivity index (χ1) is 11.8. The summed E-state index contributed by atoms with van der Waals surface area (Å²) in [5.41, 5.74) is 4.33. The highest BCUT2D eigenvalue weighted by atomic mass is 35.5. The molecule has 0 radical (unpaired) electrons. The zero-order chi connectivity index (χ0) is 16.1. The summed E-state index contributed by atoms with van der Waals surface area (Å²) in [6.45, 7) is 0. The zero-order valence-electron chi connectivity index (χ0n) is 12.5. The van der Waals surface area contributed by atoms with E-state index in [-0.39, 0.29) is 5.28 Å². The molecule has 114 valence electrons. The first-order valence-corrected chi connectivity index (χ1v) is 8.01. The molecule has 5 aromatic rings. The van der Waals surface area contributed by atoms with Crippen LogP contribution >= 0.6 is 11.6 Å². The number of furan rings is 1. The zero-order valence-corrected chi connectivity index (χ0v) is 13.3. The lowest BCUT2D eigenvalue weighted by atomic mass is 10.0. The van der Waals surface area contributed by atoms with Crippen molar-refractivity contribution in [1.29, 1.82) is 0 Å². The summed E-state index contributed by atoms with van der Waals surface area (Å²) in [7, 11) is 0. The van der Waals surface area contributed by atoms with Gasteiger partial charge in [0.1, 0.15) is 11.2 Å². The molecule has 0 N–H and O–H groups in total. The molecule has 0 aliphatic heterocycles. The molecule has 0 saturated heterocycles. The first kappa shape index (κ1) is 13.5. The lowest BCUT2D eigenvalue weighted by Crippen LogP contribution is -1.90. The number of hydrogen-bond donors (Lipinski definition) is 0. The average Bonchev–Trinajstić information content (AvgIpc) is 2.98. The number of aromatic nitrogens is 2. The van der Waals surface area contributed by atoms with Crippen molar-refractivity contribution < 1.29 is 4.42 Å². The van der Waals surface area contributed by atoms with Gasteiger partial charge in [0, 0.05) is 21.7 Å². The monoisotopic (exact) mass is 330 g/mol. The lowest BCUT2D eigenvalue weighted by Gasteiger charge is -2.06. The summed E-state index contributed by atoms with van der Waals surface area (Å²) in [5, 5.41) is 3.43. The lowest BCUT2D eigenvalue weighted by molar-refractivity contribution is 0.669. The van der Waals surface area contributed by atoms with Crippen LogP contribution in [-0.4, -0.2) is 9.97 Å². The minimum absolute atomic E-state index is 0.244. The molecular weight excluding hydrogens is 320 g/mol. The number of benzene rings is 3. The molecule has 0 amide bonds. The molecule has 3 aromatic carbocycles. The second-order valence-corrected chi connectivity index (χ2v) is 6.01. The van der Waals surface area contributed by atoms with Crippen LogP contribution in [0.3, 0.4) is 0 Å². The van der Waals surface area contributed by atoms with Gasteiger partial charge in [0.2, 0.25) is 5.28 Å². The van der Waals surface area contributed by atoms with Crippen LogP contribution in [0.15, 0.2) is 71.1 Å². The molecule has 0 bridgehead atoms. The average molecular weight is 331 g/mol. The molecule has 2 heterocycles. The highest BCUT2D eigenvalue weighted by Gasteiger charge is 2.12. The van der Waals surface area contributed by atoms with Crippen LogP contribution in [0.5, 0.6) is 0 Å². The Kier molecular flexibility index (Phi) is 2.84. The van der Waals surface area contributed by atoms with Crippen LogP contribution in [0.4, 0.5) is 0 Å². The van der Waals surface area contributed by atoms with E-state index in [2.05, 4.69) is 28.2 Å². The Morgan fingerprint density at radius 3 is 2.38 bits per heavy atom. The van der Waals surface area contributed by atoms with Gasteiger partial charge >= 0.3 is 0 Å². The Hall–Kier alpha value is -2.91. The number of halogens is 1. The highest BCUT2D eigenvalue weighted by Crippen LogP contribution is 2.33. The summed E-state index contributed by atoms with van der Waals surface area (Å²) in [5.74, 6) is 0. The molecule has 5 rings (SSSR count). The van der Waals surface area contributed by atoms with Gasteiger partial charge in [0.25, 0.3) is 0 Å². The maximum atomic E-state index is 6.11. The SMILES string of the molecule is Clc1nc(-c2ccc3c(c2)oc2ccccc23)c2ccccc2n1. The van der Waals surface area contributed by atoms with Crippen molar-refractivity contribution in [2.75, 3.05) is 0 Å². The predicted octanol–water partition coefficient (Wildman–Crippen LogP) is 5.85. The molecule has 0 saturated carbocycles. The fraction of sp³-hybridized carbons (Fsp3) is 0. The standard InChI is InChI=1S/C20H11ClN2O/c21-20-22-16-7-3-1-6-15(16)19(23-20)12-9-10-14-13-5-2-4-8-17(13)24-18(14)11-12/h1-11H. The maximum absolute atomic E-state index is 6.11. The van der Waals surface area contributed by atoms with Crippen molar-refractivity contribution in [1.82, 2.24) is 9.97 Å². The van der Waals surface area contributed by atoms with Crippen LogP contribution < -0.4 is 0 Å². The molecule has 4 heteroatoms. The van der Waals surface area contributed by atoms with Gasteiger partial charge < -0.3 is 4.42 Å². The Balaban J connectivity index is 1.82. The van der Waals surface area contributed by atoms with E-state index >= 15 is 0 Å². The van der Waals surface area contributed by atoms with E-state index in [4.69, 9.17) is 16.0 Å². The van der Waals surface area contributed by atoms with Crippen molar-refractivity contribution in [3.8, 4) is 11.3 Å². The van der Waals surface area contributed by atoms with E-state index in [0.717, 1.165) is 44.1 Å². The van der Waals surface area contributed by atoms with E-state index in [1.54, 1.807) is 0 Å². The minimum Gasteiger partial charge on any atom is -0.456 e. The van der Waals surface area contributed by atoms with Gasteiger partial charge in [-0.1, -0.05) is 42.5 Å². The summed E-state index contributed by atoms with van der Waals surface area (Å²) in [4.78, 5) is 8.73. The smallest absolute Gasteiger partial charge is 0.223 e. The van der Waals surface area contributed by atoms with Crippen LogP contribution in [-0.2, 0) is 0 Å². The maximum Gasteiger partial charge on any atom is 0.223 e. The van der Waals surface area contributed by atoms with Gasteiger partial charge in [-0.2, -0.15) is 0 Å². The third-order valence-corrected chi connectivity index (χ3v) is 4.40. The Morgan fingerprint density at radius 1 is 0.708 bits per heavy atom. The molecule has 24 heavy (non-hydrogen) atoms.